The molecule has 6 atom stereocenters. The Bertz CT molecular complexity index is 483. The number of nitrogens with zero attached hydrogens (tertiary/aromatic N) is 1. The van der Waals surface area contributed by atoms with E-state index in [0.717, 1.165) is 12.8 Å². The lowest BCUT2D eigenvalue weighted by molar-refractivity contribution is 0.0961. The van der Waals surface area contributed by atoms with Crippen LogP contribution in [0.15, 0.2) is 29.3 Å². The summed E-state index contributed by atoms with van der Waals surface area (Å²) in [5, 5.41) is 0.520. The summed E-state index contributed by atoms with van der Waals surface area (Å²) in [6, 6.07) is 0. The average Bonchev–Trinajstić information content (AvgIpc) is 2.93. The van der Waals surface area contributed by atoms with Gasteiger partial charge in [0.1, 0.15) is 15.0 Å². The first-order valence-electron chi connectivity index (χ1n) is 6.05. The van der Waals surface area contributed by atoms with Gasteiger partial charge in [-0.2, -0.15) is 0 Å². The van der Waals surface area contributed by atoms with Crippen molar-refractivity contribution in [1.82, 2.24) is 0 Å². The van der Waals surface area contributed by atoms with Gasteiger partial charge in [0.15, 0.2) is 0 Å². The molecule has 2 heterocycles. The Labute approximate surface area is 116 Å². The predicted molar refractivity (Wildman–Crippen MR) is 71.9 cm³/mol. The number of allylic oxidation sites excluding steroid dienone is 3. The SMILES string of the molecule is ClC1=N[C@@]2(Cl)C3C=CCC3[C@]1(Cl)C1C=CCC12. The molecule has 2 aliphatic heterocycles. The first kappa shape index (κ1) is 10.9. The predicted octanol–water partition coefficient (Wildman–Crippen LogP) is 3.95. The van der Waals surface area contributed by atoms with Crippen molar-refractivity contribution in [3.8, 4) is 0 Å². The van der Waals surface area contributed by atoms with E-state index >= 15 is 0 Å². The third-order valence-electron chi connectivity index (χ3n) is 4.93. The van der Waals surface area contributed by atoms with Crippen molar-refractivity contribution in [2.45, 2.75) is 22.7 Å². The number of alkyl halides is 2. The number of rotatable bonds is 0. The monoisotopic (exact) mass is 287 g/mol. The molecule has 0 spiro atoms. The van der Waals surface area contributed by atoms with Crippen LogP contribution in [-0.4, -0.2) is 15.0 Å². The Morgan fingerprint density at radius 1 is 1.06 bits per heavy atom. The number of hydrogen-bond donors (Lipinski definition) is 0. The molecule has 2 bridgehead atoms. The highest BCUT2D eigenvalue weighted by Gasteiger charge is 2.69. The maximum absolute atomic E-state index is 6.90. The molecule has 5 rings (SSSR count). The van der Waals surface area contributed by atoms with E-state index in [1.54, 1.807) is 0 Å². The highest BCUT2D eigenvalue weighted by Crippen LogP contribution is 2.66. The van der Waals surface area contributed by atoms with E-state index in [0.29, 0.717) is 17.0 Å². The zero-order valence-electron chi connectivity index (χ0n) is 9.11. The van der Waals surface area contributed by atoms with E-state index in [1.165, 1.54) is 0 Å². The van der Waals surface area contributed by atoms with Gasteiger partial charge in [-0.3, -0.25) is 4.99 Å². The van der Waals surface area contributed by atoms with Crippen LogP contribution in [0.4, 0.5) is 0 Å². The minimum atomic E-state index is -0.570. The van der Waals surface area contributed by atoms with Crippen LogP contribution in [0.5, 0.6) is 0 Å². The molecule has 4 heteroatoms. The summed E-state index contributed by atoms with van der Waals surface area (Å²) in [6.07, 6.45) is 10.7. The van der Waals surface area contributed by atoms with E-state index in [2.05, 4.69) is 29.3 Å². The van der Waals surface area contributed by atoms with Gasteiger partial charge in [0.2, 0.25) is 0 Å². The van der Waals surface area contributed by atoms with Gasteiger partial charge in [-0.05, 0) is 18.8 Å². The minimum Gasteiger partial charge on any atom is -0.252 e. The van der Waals surface area contributed by atoms with Gasteiger partial charge in [0.25, 0.3) is 0 Å². The summed E-state index contributed by atoms with van der Waals surface area (Å²) in [5.74, 6) is 1.09. The molecule has 0 radical (unpaired) electrons. The molecule has 0 aromatic carbocycles. The average molecular weight is 289 g/mol. The van der Waals surface area contributed by atoms with Gasteiger partial charge in [-0.15, -0.1) is 11.6 Å². The maximum atomic E-state index is 6.90. The molecule has 0 N–H and O–H groups in total. The van der Waals surface area contributed by atoms with E-state index in [1.807, 2.05) is 0 Å². The zero-order valence-corrected chi connectivity index (χ0v) is 11.4. The third kappa shape index (κ3) is 1.04. The lowest BCUT2D eigenvalue weighted by Gasteiger charge is -2.58. The first-order chi connectivity index (χ1) is 8.08. The molecule has 0 aromatic heterocycles. The Hall–Kier alpha value is 0.0200. The van der Waals surface area contributed by atoms with Gasteiger partial charge in [0, 0.05) is 17.8 Å². The summed E-state index contributed by atoms with van der Waals surface area (Å²) < 4.78 is 0. The van der Waals surface area contributed by atoms with Crippen LogP contribution in [-0.2, 0) is 0 Å². The largest absolute Gasteiger partial charge is 0.252 e. The van der Waals surface area contributed by atoms with Crippen LogP contribution in [0.1, 0.15) is 12.8 Å². The van der Waals surface area contributed by atoms with Crippen LogP contribution in [0.25, 0.3) is 0 Å². The van der Waals surface area contributed by atoms with Crippen LogP contribution in [0, 0.1) is 23.7 Å². The molecule has 0 amide bonds. The Morgan fingerprint density at radius 3 is 2.47 bits per heavy atom. The first-order valence-corrected chi connectivity index (χ1v) is 7.19. The lowest BCUT2D eigenvalue weighted by Crippen LogP contribution is -2.65. The summed E-state index contributed by atoms with van der Waals surface area (Å²) in [5.41, 5.74) is 0. The van der Waals surface area contributed by atoms with Gasteiger partial charge in [-0.25, -0.2) is 0 Å². The van der Waals surface area contributed by atoms with Crippen molar-refractivity contribution in [2.75, 3.05) is 0 Å². The van der Waals surface area contributed by atoms with Crippen LogP contribution >= 0.6 is 34.8 Å². The van der Waals surface area contributed by atoms with Crippen LogP contribution < -0.4 is 0 Å². The van der Waals surface area contributed by atoms with Crippen LogP contribution in [0.2, 0.25) is 0 Å². The Kier molecular flexibility index (Phi) is 2.00. The molecule has 4 unspecified atom stereocenters. The normalized spacial score (nSPS) is 58.2. The molecule has 1 nitrogen and oxygen atoms in total. The van der Waals surface area contributed by atoms with Crippen LogP contribution in [0.3, 0.4) is 0 Å². The molecule has 3 aliphatic carbocycles. The van der Waals surface area contributed by atoms with Crippen molar-refractivity contribution in [2.24, 2.45) is 28.7 Å². The summed E-state index contributed by atoms with van der Waals surface area (Å²) >= 11 is 20.1. The van der Waals surface area contributed by atoms with Crippen molar-refractivity contribution in [1.29, 1.82) is 0 Å². The molecular formula is C13H12Cl3N. The van der Waals surface area contributed by atoms with Gasteiger partial charge in [0.05, 0.1) is 0 Å². The molecule has 1 saturated carbocycles. The smallest absolute Gasteiger partial charge is 0.145 e. The summed E-state index contributed by atoms with van der Waals surface area (Å²) in [4.78, 5) is 3.47. The molecule has 5 aliphatic rings. The Morgan fingerprint density at radius 2 is 1.71 bits per heavy atom. The summed E-state index contributed by atoms with van der Waals surface area (Å²) in [6.45, 7) is 0. The molecular weight excluding hydrogens is 277 g/mol. The number of halogens is 3. The van der Waals surface area contributed by atoms with Gasteiger partial charge < -0.3 is 0 Å². The second-order valence-corrected chi connectivity index (χ2v) is 7.08. The third-order valence-corrected chi connectivity index (χ3v) is 6.75. The second-order valence-electron chi connectivity index (χ2n) is 5.49. The van der Waals surface area contributed by atoms with E-state index in [-0.39, 0.29) is 11.8 Å². The maximum Gasteiger partial charge on any atom is 0.145 e. The van der Waals surface area contributed by atoms with Crippen molar-refractivity contribution in [3.63, 3.8) is 0 Å². The molecule has 17 heavy (non-hydrogen) atoms. The minimum absolute atomic E-state index is 0.241. The highest BCUT2D eigenvalue weighted by molar-refractivity contribution is 6.73. The summed E-state index contributed by atoms with van der Waals surface area (Å²) in [7, 11) is 0. The molecule has 0 aromatic rings. The van der Waals surface area contributed by atoms with E-state index in [9.17, 15) is 0 Å². The zero-order chi connectivity index (χ0) is 11.8. The fraction of sp³-hybridized carbons (Fsp3) is 0.615. The highest BCUT2D eigenvalue weighted by atomic mass is 35.5. The quantitative estimate of drug-likeness (QED) is 0.364. The number of aliphatic imine (C=N–C) groups is 1. The molecule has 90 valence electrons. The van der Waals surface area contributed by atoms with Gasteiger partial charge >= 0.3 is 0 Å². The number of hydrogen-bond acceptors (Lipinski definition) is 1. The van der Waals surface area contributed by atoms with E-state index in [4.69, 9.17) is 34.8 Å². The molecule has 0 saturated heterocycles. The fourth-order valence-electron chi connectivity index (χ4n) is 4.18. The van der Waals surface area contributed by atoms with Crippen molar-refractivity contribution in [3.05, 3.63) is 24.3 Å². The fourth-order valence-corrected chi connectivity index (χ4v) is 5.66. The van der Waals surface area contributed by atoms with Crippen molar-refractivity contribution >= 4 is 40.0 Å². The topological polar surface area (TPSA) is 12.4 Å². The standard InChI is InChI=1S/C13H12Cl3N/c14-11-12(15)7-3-1-5-9(7)13(16,17-11)10-6-2-4-8(10)12/h1-3,6-10H,4-5H2/t7?,8?,9?,10?,12-,13-/m1/s1. The Balaban J connectivity index is 1.98. The van der Waals surface area contributed by atoms with E-state index < -0.39 is 9.87 Å². The molecule has 1 fully saturated rings. The lowest BCUT2D eigenvalue weighted by atomic mass is 9.58. The van der Waals surface area contributed by atoms with Gasteiger partial charge in [-0.1, -0.05) is 47.5 Å². The van der Waals surface area contributed by atoms with Crippen molar-refractivity contribution < 1.29 is 0 Å². The second kappa shape index (κ2) is 3.12.